The maximum Gasteiger partial charge on any atom is 0.472 e. The molecular formula is C32H63NO7P+. The third-order valence-electron chi connectivity index (χ3n) is 9.36. The Balaban J connectivity index is 1.52. The van der Waals surface area contributed by atoms with Crippen LogP contribution in [0.25, 0.3) is 0 Å². The molecule has 0 radical (unpaired) electrons. The number of hydrogen-bond donors (Lipinski definition) is 1. The zero-order valence-corrected chi connectivity index (χ0v) is 27.8. The van der Waals surface area contributed by atoms with E-state index < -0.39 is 13.9 Å². The predicted molar refractivity (Wildman–Crippen MR) is 165 cm³/mol. The molecule has 9 heteroatoms. The fraction of sp³-hybridized carbons (Fsp3) is 0.969. The number of ether oxygens (including phenoxy) is 2. The van der Waals surface area contributed by atoms with Crippen molar-refractivity contribution in [3.8, 4) is 0 Å². The molecule has 242 valence electrons. The molecule has 1 N–H and O–H groups in total. The minimum atomic E-state index is -4.24. The predicted octanol–water partition coefficient (Wildman–Crippen LogP) is 7.96. The van der Waals surface area contributed by atoms with Crippen molar-refractivity contribution in [2.24, 2.45) is 5.92 Å². The molecule has 2 aliphatic rings. The van der Waals surface area contributed by atoms with Gasteiger partial charge in [-0.25, -0.2) is 4.57 Å². The van der Waals surface area contributed by atoms with Crippen LogP contribution in [0.15, 0.2) is 0 Å². The zero-order chi connectivity index (χ0) is 30.0. The van der Waals surface area contributed by atoms with Gasteiger partial charge in [-0.3, -0.25) is 13.8 Å². The van der Waals surface area contributed by atoms with Crippen molar-refractivity contribution >= 4 is 13.8 Å². The number of rotatable bonds is 25. The molecule has 0 aromatic rings. The summed E-state index contributed by atoms with van der Waals surface area (Å²) in [5, 5.41) is 0. The summed E-state index contributed by atoms with van der Waals surface area (Å²) in [6.07, 6.45) is 22.2. The van der Waals surface area contributed by atoms with Crippen LogP contribution in [0.4, 0.5) is 0 Å². The number of fused-ring (bicyclic) bond motifs is 2. The van der Waals surface area contributed by atoms with E-state index in [1.165, 1.54) is 89.9 Å². The summed E-state index contributed by atoms with van der Waals surface area (Å²) < 4.78 is 35.4. The molecule has 4 atom stereocenters. The second-order valence-electron chi connectivity index (χ2n) is 13.0. The van der Waals surface area contributed by atoms with Crippen molar-refractivity contribution in [2.75, 3.05) is 40.5 Å². The van der Waals surface area contributed by atoms with Crippen molar-refractivity contribution in [1.82, 2.24) is 0 Å². The Hall–Kier alpha value is -0.500. The smallest absolute Gasteiger partial charge is 0.457 e. The first-order chi connectivity index (χ1) is 19.7. The lowest BCUT2D eigenvalue weighted by molar-refractivity contribution is -0.931. The van der Waals surface area contributed by atoms with Crippen LogP contribution in [0.3, 0.4) is 0 Å². The van der Waals surface area contributed by atoms with E-state index in [2.05, 4.69) is 21.0 Å². The topological polar surface area (TPSA) is 91.3 Å². The van der Waals surface area contributed by atoms with Gasteiger partial charge >= 0.3 is 13.8 Å². The Bertz CT molecular complexity index is 734. The van der Waals surface area contributed by atoms with Crippen LogP contribution in [0, 0.1) is 5.92 Å². The van der Waals surface area contributed by atoms with Gasteiger partial charge in [-0.2, -0.15) is 0 Å². The number of carbonyl (C=O) groups is 1. The molecule has 0 amide bonds. The lowest BCUT2D eigenvalue weighted by atomic mass is 9.90. The van der Waals surface area contributed by atoms with Crippen LogP contribution >= 0.6 is 7.82 Å². The molecule has 0 aliphatic carbocycles. The van der Waals surface area contributed by atoms with Crippen molar-refractivity contribution in [3.05, 3.63) is 0 Å². The van der Waals surface area contributed by atoms with E-state index in [0.29, 0.717) is 18.7 Å². The fourth-order valence-corrected chi connectivity index (χ4v) is 7.37. The van der Waals surface area contributed by atoms with Gasteiger partial charge in [-0.05, 0) is 12.3 Å². The number of unbranched alkanes of at least 4 members (excludes halogenated alkanes) is 13. The lowest BCUT2D eigenvalue weighted by Crippen LogP contribution is -2.54. The molecule has 0 aromatic heterocycles. The summed E-state index contributed by atoms with van der Waals surface area (Å²) >= 11 is 0. The molecule has 0 saturated carbocycles. The summed E-state index contributed by atoms with van der Waals surface area (Å²) in [6.45, 7) is 4.69. The van der Waals surface area contributed by atoms with Crippen LogP contribution in [-0.4, -0.2) is 74.1 Å². The Morgan fingerprint density at radius 3 is 1.83 bits per heavy atom. The van der Waals surface area contributed by atoms with Crippen molar-refractivity contribution < 1.29 is 37.3 Å². The molecule has 8 nitrogen and oxygen atoms in total. The summed E-state index contributed by atoms with van der Waals surface area (Å²) in [5.41, 5.74) is 0. The van der Waals surface area contributed by atoms with Gasteiger partial charge < -0.3 is 18.9 Å². The number of carbonyl (C=O) groups excluding carboxylic acids is 1. The quantitative estimate of drug-likeness (QED) is 0.0489. The maximum absolute atomic E-state index is 12.6. The van der Waals surface area contributed by atoms with E-state index in [1.807, 2.05) is 0 Å². The van der Waals surface area contributed by atoms with Gasteiger partial charge in [0.1, 0.15) is 6.10 Å². The highest BCUT2D eigenvalue weighted by molar-refractivity contribution is 7.47. The fourth-order valence-electron chi connectivity index (χ4n) is 6.54. The van der Waals surface area contributed by atoms with Gasteiger partial charge in [0.05, 0.1) is 46.0 Å². The highest BCUT2D eigenvalue weighted by atomic mass is 31.2. The number of phosphoric ester groups is 1. The standard InChI is InChI=1S/C32H62NO7P/c1-5-7-8-9-10-11-12-13-14-15-16-17-18-19-22-37-26-31(40-32(34)6-2)27-39-41(35,36)38-25-28-23-29-20-21-30(24-28)33(29,3)4/h28-31H,5-27H2,1-4H3/p+1. The van der Waals surface area contributed by atoms with Gasteiger partial charge in [0.15, 0.2) is 0 Å². The molecule has 2 heterocycles. The minimum Gasteiger partial charge on any atom is -0.457 e. The Morgan fingerprint density at radius 2 is 1.32 bits per heavy atom. The van der Waals surface area contributed by atoms with E-state index in [9.17, 15) is 14.3 Å². The van der Waals surface area contributed by atoms with Gasteiger partial charge in [0.25, 0.3) is 0 Å². The number of quaternary nitrogens is 1. The maximum atomic E-state index is 12.6. The lowest BCUT2D eigenvalue weighted by Gasteiger charge is -2.44. The highest BCUT2D eigenvalue weighted by Gasteiger charge is 2.49. The monoisotopic (exact) mass is 604 g/mol. The third-order valence-corrected chi connectivity index (χ3v) is 10.3. The SMILES string of the molecule is CCCCCCCCCCCCCCCCOCC(COP(=O)(O)OCC1CC2CCC(C1)[N+]2(C)C)OC(=O)CC. The first kappa shape index (κ1) is 36.7. The number of hydrogen-bond acceptors (Lipinski definition) is 6. The van der Waals surface area contributed by atoms with Crippen LogP contribution in [0.2, 0.25) is 0 Å². The van der Waals surface area contributed by atoms with Crippen molar-refractivity contribution in [3.63, 3.8) is 0 Å². The molecule has 0 spiro atoms. The van der Waals surface area contributed by atoms with Crippen LogP contribution < -0.4 is 0 Å². The molecular weight excluding hydrogens is 541 g/mol. The molecule has 4 unspecified atom stereocenters. The third kappa shape index (κ3) is 15.2. The second kappa shape index (κ2) is 20.5. The summed E-state index contributed by atoms with van der Waals surface area (Å²) in [4.78, 5) is 22.1. The van der Waals surface area contributed by atoms with Crippen molar-refractivity contribution in [2.45, 2.75) is 154 Å². The summed E-state index contributed by atoms with van der Waals surface area (Å²) in [7, 11) is 0.336. The van der Waals surface area contributed by atoms with Gasteiger partial charge in [-0.15, -0.1) is 0 Å². The largest absolute Gasteiger partial charge is 0.472 e. The van der Waals surface area contributed by atoms with Gasteiger partial charge in [0.2, 0.25) is 0 Å². The number of nitrogens with zero attached hydrogens (tertiary/aromatic N) is 1. The van der Waals surface area contributed by atoms with Crippen LogP contribution in [0.5, 0.6) is 0 Å². The van der Waals surface area contributed by atoms with Crippen LogP contribution in [-0.2, 0) is 27.9 Å². The van der Waals surface area contributed by atoms with E-state index >= 15 is 0 Å². The Morgan fingerprint density at radius 1 is 0.805 bits per heavy atom. The first-order valence-electron chi connectivity index (χ1n) is 16.9. The molecule has 2 bridgehead atoms. The van der Waals surface area contributed by atoms with E-state index in [1.54, 1.807) is 6.92 Å². The number of esters is 1. The van der Waals surface area contributed by atoms with E-state index in [-0.39, 0.29) is 38.1 Å². The molecule has 2 saturated heterocycles. The first-order valence-corrected chi connectivity index (χ1v) is 18.4. The van der Waals surface area contributed by atoms with Gasteiger partial charge in [0, 0.05) is 38.7 Å². The number of phosphoric acid groups is 1. The molecule has 41 heavy (non-hydrogen) atoms. The van der Waals surface area contributed by atoms with E-state index in [0.717, 1.165) is 30.2 Å². The second-order valence-corrected chi connectivity index (χ2v) is 14.5. The molecule has 0 aromatic carbocycles. The highest BCUT2D eigenvalue weighted by Crippen LogP contribution is 2.47. The average molecular weight is 605 g/mol. The normalized spacial score (nSPS) is 23.8. The van der Waals surface area contributed by atoms with E-state index in [4.69, 9.17) is 18.5 Å². The molecule has 2 fully saturated rings. The summed E-state index contributed by atoms with van der Waals surface area (Å²) in [5.74, 6) is -0.115. The Labute approximate surface area is 251 Å². The minimum absolute atomic E-state index is 0.142. The molecule has 2 rings (SSSR count). The Kier molecular flexibility index (Phi) is 18.3. The number of piperidine rings is 1. The van der Waals surface area contributed by atoms with Gasteiger partial charge in [-0.1, -0.05) is 97.3 Å². The zero-order valence-electron chi connectivity index (χ0n) is 26.9. The average Bonchev–Trinajstić information content (AvgIpc) is 3.09. The molecule has 2 aliphatic heterocycles. The summed E-state index contributed by atoms with van der Waals surface area (Å²) in [6, 6.07) is 1.19. The van der Waals surface area contributed by atoms with Crippen LogP contribution in [0.1, 0.15) is 136 Å². The van der Waals surface area contributed by atoms with Crippen molar-refractivity contribution in [1.29, 1.82) is 0 Å².